The normalized spacial score (nSPS) is 17.2. The topological polar surface area (TPSA) is 172 Å². The molecule has 2 saturated carbocycles. The summed E-state index contributed by atoms with van der Waals surface area (Å²) in [5.41, 5.74) is 15.8. The van der Waals surface area contributed by atoms with E-state index >= 15 is 0 Å². The first-order valence-corrected chi connectivity index (χ1v) is 16.1. The molecule has 0 radical (unpaired) electrons. The van der Waals surface area contributed by atoms with E-state index < -0.39 is 22.6 Å². The Morgan fingerprint density at radius 2 is 1.35 bits per heavy atom. The van der Waals surface area contributed by atoms with Crippen LogP contribution in [0.25, 0.3) is 22.3 Å². The van der Waals surface area contributed by atoms with E-state index in [4.69, 9.17) is 21.4 Å². The molecule has 2 aliphatic carbocycles. The van der Waals surface area contributed by atoms with Crippen LogP contribution in [-0.4, -0.2) is 66.6 Å². The Morgan fingerprint density at radius 3 is 1.73 bits per heavy atom. The summed E-state index contributed by atoms with van der Waals surface area (Å²) in [6, 6.07) is 7.87. The highest BCUT2D eigenvalue weighted by Gasteiger charge is 2.67. The van der Waals surface area contributed by atoms with Gasteiger partial charge in [0.2, 0.25) is 5.91 Å². The van der Waals surface area contributed by atoms with Crippen LogP contribution in [0.15, 0.2) is 74.0 Å². The smallest absolute Gasteiger partial charge is 0.254 e. The second kappa shape index (κ2) is 11.5. The van der Waals surface area contributed by atoms with Crippen molar-refractivity contribution in [3.05, 3.63) is 91.1 Å². The molecule has 5 aromatic rings. The van der Waals surface area contributed by atoms with Crippen LogP contribution in [0.2, 0.25) is 0 Å². The zero-order valence-electron chi connectivity index (χ0n) is 27.6. The van der Waals surface area contributed by atoms with Gasteiger partial charge in [0, 0.05) is 92.9 Å². The molecule has 7 rings (SSSR count). The third-order valence-electron chi connectivity index (χ3n) is 9.73. The van der Waals surface area contributed by atoms with Gasteiger partial charge in [-0.1, -0.05) is 19.1 Å². The van der Waals surface area contributed by atoms with Crippen molar-refractivity contribution in [2.24, 2.45) is 32.6 Å². The van der Waals surface area contributed by atoms with Gasteiger partial charge in [-0.15, -0.1) is 0 Å². The lowest BCUT2D eigenvalue weighted by Crippen LogP contribution is -2.74. The van der Waals surface area contributed by atoms with Crippen LogP contribution >= 0.6 is 0 Å². The van der Waals surface area contributed by atoms with Crippen molar-refractivity contribution in [2.45, 2.75) is 62.2 Å². The maximum absolute atomic E-state index is 14.4. The zero-order chi connectivity index (χ0) is 33.8. The van der Waals surface area contributed by atoms with Crippen molar-refractivity contribution < 1.29 is 9.59 Å². The summed E-state index contributed by atoms with van der Waals surface area (Å²) in [5, 5.41) is 12.1. The average Bonchev–Trinajstić information content (AvgIpc) is 3.92. The first-order chi connectivity index (χ1) is 23.0. The number of amides is 2. The van der Waals surface area contributed by atoms with Gasteiger partial charge in [0.1, 0.15) is 5.54 Å². The molecule has 48 heavy (non-hydrogen) atoms. The van der Waals surface area contributed by atoms with E-state index in [-0.39, 0.29) is 18.7 Å². The fraction of sp³-hybridized carbons (Fsp3) is 0.382. The molecule has 0 unspecified atom stereocenters. The van der Waals surface area contributed by atoms with Crippen LogP contribution in [0.4, 0.5) is 0 Å². The number of carbonyl (C=O) groups is 2. The summed E-state index contributed by atoms with van der Waals surface area (Å²) < 4.78 is 5.29. The van der Waals surface area contributed by atoms with Crippen LogP contribution in [0.5, 0.6) is 0 Å². The summed E-state index contributed by atoms with van der Waals surface area (Å²) in [7, 11) is 5.57. The average molecular weight is 649 g/mol. The molecule has 0 aliphatic heterocycles. The molecule has 14 nitrogen and oxygen atoms in total. The maximum Gasteiger partial charge on any atom is 0.254 e. The second-order valence-corrected chi connectivity index (χ2v) is 13.1. The van der Waals surface area contributed by atoms with Gasteiger partial charge in [0.25, 0.3) is 5.91 Å². The molecule has 2 aliphatic rings. The monoisotopic (exact) mass is 648 g/mol. The van der Waals surface area contributed by atoms with Crippen molar-refractivity contribution in [1.29, 1.82) is 0 Å². The number of rotatable bonds is 12. The summed E-state index contributed by atoms with van der Waals surface area (Å²) in [6.45, 7) is 1.81. The standard InChI is InChI=1S/C34H40N12O2/c1-5-30(47)45(32(10-11-32)28-8-6-23(15-38-28)25-17-40-43(3)20-25)46(34(36,31(35)48)14-27-19-37-22-42(27)2)33(12-13-33)29-9-7-24(16-39-29)26-18-41-44(4)21-26/h6-9,15-22H,5,10-14,36H2,1-4H3,(H2,35,48)/t34-/m0/s1. The van der Waals surface area contributed by atoms with Crippen LogP contribution in [0.1, 0.15) is 56.1 Å². The molecule has 0 aromatic carbocycles. The molecule has 0 spiro atoms. The lowest BCUT2D eigenvalue weighted by molar-refractivity contribution is -0.200. The number of hydrogen-bond acceptors (Lipinski definition) is 9. The molecule has 5 heterocycles. The Balaban J connectivity index is 1.37. The first kappa shape index (κ1) is 31.4. The number of aromatic nitrogens is 8. The second-order valence-electron chi connectivity index (χ2n) is 13.1. The molecule has 4 N–H and O–H groups in total. The largest absolute Gasteiger partial charge is 0.367 e. The minimum absolute atomic E-state index is 0.0191. The van der Waals surface area contributed by atoms with Crippen molar-refractivity contribution in [2.75, 3.05) is 0 Å². The molecule has 5 aromatic heterocycles. The Kier molecular flexibility index (Phi) is 7.51. The van der Waals surface area contributed by atoms with Crippen LogP contribution in [0, 0.1) is 0 Å². The molecular formula is C34H40N12O2. The van der Waals surface area contributed by atoms with Gasteiger partial charge in [-0.05, 0) is 37.8 Å². The highest BCUT2D eigenvalue weighted by Crippen LogP contribution is 2.59. The van der Waals surface area contributed by atoms with Crippen molar-refractivity contribution in [3.63, 3.8) is 0 Å². The Hall–Kier alpha value is -5.21. The Bertz CT molecular complexity index is 1970. The van der Waals surface area contributed by atoms with Gasteiger partial charge in [-0.25, -0.2) is 4.98 Å². The third-order valence-corrected chi connectivity index (χ3v) is 9.73. The summed E-state index contributed by atoms with van der Waals surface area (Å²) in [5.74, 6) is -0.948. The zero-order valence-corrected chi connectivity index (χ0v) is 27.6. The molecule has 2 amide bonds. The molecule has 1 atom stereocenters. The predicted octanol–water partition coefficient (Wildman–Crippen LogP) is 2.53. The number of primary amides is 1. The van der Waals surface area contributed by atoms with Crippen molar-refractivity contribution in [1.82, 2.24) is 49.1 Å². The number of carbonyl (C=O) groups excluding carboxylic acids is 2. The lowest BCUT2D eigenvalue weighted by atomic mass is 9.96. The fourth-order valence-electron chi connectivity index (χ4n) is 6.75. The highest BCUT2D eigenvalue weighted by atomic mass is 16.2. The van der Waals surface area contributed by atoms with Crippen LogP contribution < -0.4 is 11.5 Å². The van der Waals surface area contributed by atoms with Gasteiger partial charge in [-0.2, -0.15) is 15.2 Å². The van der Waals surface area contributed by atoms with E-state index in [1.807, 2.05) is 64.7 Å². The molecule has 2 fully saturated rings. The van der Waals surface area contributed by atoms with E-state index in [2.05, 4.69) is 15.2 Å². The molecular weight excluding hydrogens is 608 g/mol. The number of imidazole rings is 1. The number of pyridine rings is 2. The minimum Gasteiger partial charge on any atom is -0.367 e. The molecule has 248 valence electrons. The van der Waals surface area contributed by atoms with Gasteiger partial charge in [0.15, 0.2) is 5.66 Å². The van der Waals surface area contributed by atoms with E-state index in [0.29, 0.717) is 42.8 Å². The van der Waals surface area contributed by atoms with E-state index in [0.717, 1.165) is 22.3 Å². The number of aryl methyl sites for hydroxylation is 3. The molecule has 0 bridgehead atoms. The summed E-state index contributed by atoms with van der Waals surface area (Å²) >= 11 is 0. The quantitative estimate of drug-likeness (QED) is 0.152. The van der Waals surface area contributed by atoms with Crippen LogP contribution in [0.3, 0.4) is 0 Å². The van der Waals surface area contributed by atoms with Crippen LogP contribution in [-0.2, 0) is 48.2 Å². The van der Waals surface area contributed by atoms with E-state index in [1.54, 1.807) is 61.3 Å². The summed E-state index contributed by atoms with van der Waals surface area (Å²) in [4.78, 5) is 42.3. The van der Waals surface area contributed by atoms with Gasteiger partial charge >= 0.3 is 0 Å². The number of hydrogen-bond donors (Lipinski definition) is 2. The van der Waals surface area contributed by atoms with Gasteiger partial charge in [0.05, 0.1) is 35.6 Å². The SMILES string of the molecule is CCC(=O)N(N(C1(c2ccc(-c3cnn(C)c3)cn2)CC1)[C@@](N)(Cc1cncn1C)C(N)=O)C1(c2ccc(-c3cnn(C)c3)cn2)CC1. The van der Waals surface area contributed by atoms with Gasteiger partial charge < -0.3 is 16.0 Å². The Labute approximate surface area is 278 Å². The Morgan fingerprint density at radius 1 is 0.812 bits per heavy atom. The van der Waals surface area contributed by atoms with Crippen molar-refractivity contribution >= 4 is 11.8 Å². The van der Waals surface area contributed by atoms with E-state index in [1.165, 1.54) is 0 Å². The van der Waals surface area contributed by atoms with Crippen molar-refractivity contribution in [3.8, 4) is 22.3 Å². The summed E-state index contributed by atoms with van der Waals surface area (Å²) in [6.07, 6.45) is 17.0. The highest BCUT2D eigenvalue weighted by molar-refractivity contribution is 5.86. The van der Waals surface area contributed by atoms with Gasteiger partial charge in [-0.3, -0.25) is 33.9 Å². The maximum atomic E-state index is 14.4. The lowest BCUT2D eigenvalue weighted by Gasteiger charge is -2.52. The predicted molar refractivity (Wildman–Crippen MR) is 177 cm³/mol. The fourth-order valence-corrected chi connectivity index (χ4v) is 6.75. The third kappa shape index (κ3) is 5.17. The van der Waals surface area contributed by atoms with E-state index in [9.17, 15) is 9.59 Å². The number of nitrogens with zero attached hydrogens (tertiary/aromatic N) is 10. The molecule has 0 saturated heterocycles. The number of hydrazine groups is 1. The minimum atomic E-state index is -1.83. The number of nitrogens with two attached hydrogens (primary N) is 2. The molecule has 14 heteroatoms. The first-order valence-electron chi connectivity index (χ1n) is 16.1.